The molecule has 4 heteroatoms. The van der Waals surface area contributed by atoms with Gasteiger partial charge in [0.25, 0.3) is 10.5 Å². The summed E-state index contributed by atoms with van der Waals surface area (Å²) in [6.07, 6.45) is 0. The molecule has 2 aromatic rings. The molecule has 0 aliphatic carbocycles. The van der Waals surface area contributed by atoms with Gasteiger partial charge in [-0.2, -0.15) is 0 Å². The molecule has 0 spiro atoms. The van der Waals surface area contributed by atoms with E-state index in [2.05, 4.69) is 0 Å². The van der Waals surface area contributed by atoms with E-state index in [9.17, 15) is 9.59 Å². The normalized spacial score (nSPS) is 10.1. The molecule has 0 saturated heterocycles. The molecule has 0 saturated carbocycles. The number of hydrogen-bond acceptors (Lipinski definition) is 2. The predicted octanol–water partition coefficient (Wildman–Crippen LogP) is 4.11. The SMILES string of the molecule is O=C(Cl)c1ccc(-c2ccccc2)c(C(=O)Cl)c1. The molecule has 0 unspecified atom stereocenters. The van der Waals surface area contributed by atoms with Gasteiger partial charge in [0.15, 0.2) is 0 Å². The van der Waals surface area contributed by atoms with Gasteiger partial charge in [-0.25, -0.2) is 0 Å². The second kappa shape index (κ2) is 5.34. The molecule has 0 aliphatic rings. The Hall–Kier alpha value is -1.64. The average Bonchev–Trinajstić information content (AvgIpc) is 2.39. The third kappa shape index (κ3) is 2.61. The standard InChI is InChI=1S/C14H8Cl2O2/c15-13(17)10-6-7-11(12(8-10)14(16)18)9-4-2-1-3-5-9/h1-8H. The first kappa shape index (κ1) is 12.8. The van der Waals surface area contributed by atoms with E-state index in [0.717, 1.165) is 5.56 Å². The van der Waals surface area contributed by atoms with Gasteiger partial charge in [-0.1, -0.05) is 36.4 Å². The van der Waals surface area contributed by atoms with Crippen molar-refractivity contribution in [3.05, 3.63) is 59.7 Å². The molecule has 2 aromatic carbocycles. The third-order valence-corrected chi connectivity index (χ3v) is 2.96. The van der Waals surface area contributed by atoms with Gasteiger partial charge < -0.3 is 0 Å². The zero-order valence-corrected chi connectivity index (χ0v) is 10.7. The molecule has 0 N–H and O–H groups in total. The number of carbonyl (C=O) groups excluding carboxylic acids is 2. The van der Waals surface area contributed by atoms with Crippen molar-refractivity contribution in [1.29, 1.82) is 0 Å². The van der Waals surface area contributed by atoms with Gasteiger partial charge in [0.05, 0.1) is 0 Å². The van der Waals surface area contributed by atoms with Crippen molar-refractivity contribution < 1.29 is 9.59 Å². The molecular formula is C14H8Cl2O2. The summed E-state index contributed by atoms with van der Waals surface area (Å²) in [7, 11) is 0. The Morgan fingerprint density at radius 1 is 0.833 bits per heavy atom. The van der Waals surface area contributed by atoms with Crippen molar-refractivity contribution in [2.24, 2.45) is 0 Å². The highest BCUT2D eigenvalue weighted by molar-refractivity contribution is 6.69. The molecule has 2 nitrogen and oxygen atoms in total. The van der Waals surface area contributed by atoms with E-state index in [0.29, 0.717) is 5.56 Å². The van der Waals surface area contributed by atoms with E-state index >= 15 is 0 Å². The van der Waals surface area contributed by atoms with Gasteiger partial charge >= 0.3 is 0 Å². The second-order valence-electron chi connectivity index (χ2n) is 3.67. The predicted molar refractivity (Wildman–Crippen MR) is 72.2 cm³/mol. The van der Waals surface area contributed by atoms with E-state index < -0.39 is 10.5 Å². The minimum Gasteiger partial charge on any atom is -0.276 e. The molecule has 0 heterocycles. The zero-order valence-electron chi connectivity index (χ0n) is 9.19. The van der Waals surface area contributed by atoms with Crippen molar-refractivity contribution in [1.82, 2.24) is 0 Å². The molecular weight excluding hydrogens is 271 g/mol. The fourth-order valence-corrected chi connectivity index (χ4v) is 1.97. The Balaban J connectivity index is 2.61. The molecule has 0 aromatic heterocycles. The molecule has 0 bridgehead atoms. The van der Waals surface area contributed by atoms with Crippen molar-refractivity contribution in [2.75, 3.05) is 0 Å². The minimum atomic E-state index is -0.617. The number of rotatable bonds is 3. The summed E-state index contributed by atoms with van der Waals surface area (Å²) in [6, 6.07) is 14.0. The summed E-state index contributed by atoms with van der Waals surface area (Å²) in [5, 5.41) is -1.23. The summed E-state index contributed by atoms with van der Waals surface area (Å²) >= 11 is 10.9. The van der Waals surface area contributed by atoms with Crippen LogP contribution in [0, 0.1) is 0 Å². The van der Waals surface area contributed by atoms with Gasteiger partial charge in [0.1, 0.15) is 0 Å². The Kier molecular flexibility index (Phi) is 3.80. The Labute approximate surface area is 114 Å². The van der Waals surface area contributed by atoms with Crippen LogP contribution in [0.15, 0.2) is 48.5 Å². The first-order valence-electron chi connectivity index (χ1n) is 5.18. The van der Waals surface area contributed by atoms with Crippen LogP contribution < -0.4 is 0 Å². The van der Waals surface area contributed by atoms with Crippen molar-refractivity contribution in [3.8, 4) is 11.1 Å². The van der Waals surface area contributed by atoms with Crippen LogP contribution >= 0.6 is 23.2 Å². The topological polar surface area (TPSA) is 34.1 Å². The smallest absolute Gasteiger partial charge is 0.253 e. The molecule has 0 aliphatic heterocycles. The summed E-state index contributed by atoms with van der Waals surface area (Å²) in [4.78, 5) is 22.5. The molecule has 0 fully saturated rings. The van der Waals surface area contributed by atoms with Crippen LogP contribution in [0.5, 0.6) is 0 Å². The number of halogens is 2. The summed E-state index contributed by atoms with van der Waals surface area (Å²) < 4.78 is 0. The van der Waals surface area contributed by atoms with Crippen molar-refractivity contribution >= 4 is 33.7 Å². The summed E-state index contributed by atoms with van der Waals surface area (Å²) in [5.41, 5.74) is 2.06. The lowest BCUT2D eigenvalue weighted by atomic mass is 9.98. The van der Waals surface area contributed by atoms with E-state index in [-0.39, 0.29) is 11.1 Å². The molecule has 0 radical (unpaired) electrons. The van der Waals surface area contributed by atoms with Crippen LogP contribution in [0.4, 0.5) is 0 Å². The highest BCUT2D eigenvalue weighted by Gasteiger charge is 2.13. The van der Waals surface area contributed by atoms with E-state index in [1.54, 1.807) is 12.1 Å². The summed E-state index contributed by atoms with van der Waals surface area (Å²) in [6.45, 7) is 0. The largest absolute Gasteiger partial charge is 0.276 e. The Morgan fingerprint density at radius 3 is 2.06 bits per heavy atom. The number of carbonyl (C=O) groups is 2. The van der Waals surface area contributed by atoms with Crippen LogP contribution in [0.2, 0.25) is 0 Å². The van der Waals surface area contributed by atoms with E-state index in [1.807, 2.05) is 30.3 Å². The lowest BCUT2D eigenvalue weighted by molar-refractivity contribution is 0.108. The van der Waals surface area contributed by atoms with Gasteiger partial charge in [-0.15, -0.1) is 0 Å². The molecule has 2 rings (SSSR count). The fourth-order valence-electron chi connectivity index (χ4n) is 1.70. The van der Waals surface area contributed by atoms with Gasteiger partial charge in [-0.05, 0) is 46.5 Å². The molecule has 0 amide bonds. The van der Waals surface area contributed by atoms with Gasteiger partial charge in [-0.3, -0.25) is 9.59 Å². The maximum absolute atomic E-state index is 11.4. The molecule has 90 valence electrons. The minimum absolute atomic E-state index is 0.250. The van der Waals surface area contributed by atoms with Crippen LogP contribution in [-0.2, 0) is 0 Å². The van der Waals surface area contributed by atoms with E-state index in [1.165, 1.54) is 6.07 Å². The van der Waals surface area contributed by atoms with E-state index in [4.69, 9.17) is 23.2 Å². The van der Waals surface area contributed by atoms with Crippen molar-refractivity contribution in [2.45, 2.75) is 0 Å². The maximum Gasteiger partial charge on any atom is 0.253 e. The Bertz CT molecular complexity index is 606. The molecule has 18 heavy (non-hydrogen) atoms. The fraction of sp³-hybridized carbons (Fsp3) is 0. The van der Waals surface area contributed by atoms with Crippen LogP contribution in [0.3, 0.4) is 0 Å². The third-order valence-electron chi connectivity index (χ3n) is 2.54. The summed E-state index contributed by atoms with van der Waals surface area (Å²) in [5.74, 6) is 0. The lowest BCUT2D eigenvalue weighted by Gasteiger charge is -2.07. The molecule has 0 atom stereocenters. The lowest BCUT2D eigenvalue weighted by Crippen LogP contribution is -1.98. The van der Waals surface area contributed by atoms with Gasteiger partial charge in [0.2, 0.25) is 0 Å². The second-order valence-corrected chi connectivity index (χ2v) is 4.36. The zero-order chi connectivity index (χ0) is 13.1. The monoisotopic (exact) mass is 278 g/mol. The van der Waals surface area contributed by atoms with Gasteiger partial charge in [0, 0.05) is 11.1 Å². The maximum atomic E-state index is 11.4. The Morgan fingerprint density at radius 2 is 1.50 bits per heavy atom. The average molecular weight is 279 g/mol. The highest BCUT2D eigenvalue weighted by atomic mass is 35.5. The van der Waals surface area contributed by atoms with Crippen LogP contribution in [-0.4, -0.2) is 10.5 Å². The highest BCUT2D eigenvalue weighted by Crippen LogP contribution is 2.26. The quantitative estimate of drug-likeness (QED) is 0.792. The first-order valence-corrected chi connectivity index (χ1v) is 5.94. The van der Waals surface area contributed by atoms with Crippen molar-refractivity contribution in [3.63, 3.8) is 0 Å². The van der Waals surface area contributed by atoms with Crippen LogP contribution in [0.25, 0.3) is 11.1 Å². The van der Waals surface area contributed by atoms with Crippen LogP contribution in [0.1, 0.15) is 20.7 Å². The first-order chi connectivity index (χ1) is 8.59. The number of benzene rings is 2. The number of hydrogen-bond donors (Lipinski definition) is 0.